The summed E-state index contributed by atoms with van der Waals surface area (Å²) in [7, 11) is -4.07. The average Bonchev–Trinajstić information content (AvgIpc) is 2.93. The van der Waals surface area contributed by atoms with Crippen molar-refractivity contribution >= 4 is 22.0 Å². The Kier molecular flexibility index (Phi) is 3.96. The number of hydrogen-bond acceptors (Lipinski definition) is 7. The van der Waals surface area contributed by atoms with Gasteiger partial charge < -0.3 is 5.11 Å². The molecule has 5 aliphatic rings. The molecule has 0 aromatic rings. The van der Waals surface area contributed by atoms with Crippen molar-refractivity contribution in [1.29, 1.82) is 0 Å². The number of allylic oxidation sites excluding steroid dienone is 1. The molecule has 0 aromatic heterocycles. The first-order valence-corrected chi connectivity index (χ1v) is 11.9. The molecule has 1 N–H and O–H groups in total. The Hall–Kier alpha value is -1.09. The third kappa shape index (κ3) is 2.37. The number of ketones is 2. The largest absolute Gasteiger partial charge is 0.405 e. The van der Waals surface area contributed by atoms with E-state index in [-0.39, 0.29) is 47.1 Å². The summed E-state index contributed by atoms with van der Waals surface area (Å²) in [5.74, 6) is -1.60. The van der Waals surface area contributed by atoms with Crippen LogP contribution in [-0.4, -0.2) is 37.0 Å². The lowest BCUT2D eigenvalue weighted by atomic mass is 9.45. The maximum absolute atomic E-state index is 13.3. The molecule has 0 amide bonds. The van der Waals surface area contributed by atoms with Crippen LogP contribution < -0.4 is 0 Å². The standard InChI is InChI=1S/C21H28O7S/c1-11(22)14-4-5-15-18-16(6-7-19(14,15)2)20(3)12(9-17(18)24)8-13(23)10-21(20)27-29(25,26)28-21/h9,13-16,18,23H,4-8,10H2,1-3H3/t13-,14+,15?,16?,18?,19+,20-/m0/s1. The Morgan fingerprint density at radius 1 is 1.17 bits per heavy atom. The molecular weight excluding hydrogens is 396 g/mol. The number of rotatable bonds is 1. The minimum Gasteiger partial charge on any atom is -0.393 e. The van der Waals surface area contributed by atoms with Crippen LogP contribution in [0.15, 0.2) is 11.6 Å². The second kappa shape index (κ2) is 5.78. The van der Waals surface area contributed by atoms with Crippen molar-refractivity contribution in [1.82, 2.24) is 0 Å². The van der Waals surface area contributed by atoms with Gasteiger partial charge in [0.2, 0.25) is 5.79 Å². The quantitative estimate of drug-likeness (QED) is 0.688. The van der Waals surface area contributed by atoms with Gasteiger partial charge in [-0.15, -0.1) is 0 Å². The smallest absolute Gasteiger partial charge is 0.393 e. The lowest BCUT2D eigenvalue weighted by Gasteiger charge is -2.63. The van der Waals surface area contributed by atoms with Gasteiger partial charge in [-0.3, -0.25) is 9.59 Å². The molecule has 1 spiro atoms. The van der Waals surface area contributed by atoms with Crippen LogP contribution in [0.4, 0.5) is 0 Å². The molecule has 0 radical (unpaired) electrons. The normalized spacial score (nSPS) is 49.4. The lowest BCUT2D eigenvalue weighted by molar-refractivity contribution is -0.292. The fraction of sp³-hybridized carbons (Fsp3) is 0.810. The van der Waals surface area contributed by atoms with E-state index in [9.17, 15) is 23.1 Å². The van der Waals surface area contributed by atoms with Gasteiger partial charge in [0.05, 0.1) is 6.10 Å². The topological polar surface area (TPSA) is 107 Å². The Labute approximate surface area is 171 Å². The fourth-order valence-electron chi connectivity index (χ4n) is 7.73. The Morgan fingerprint density at radius 2 is 1.86 bits per heavy atom. The summed E-state index contributed by atoms with van der Waals surface area (Å²) in [6.45, 7) is 5.72. The highest BCUT2D eigenvalue weighted by Gasteiger charge is 2.73. The zero-order valence-electron chi connectivity index (χ0n) is 17.0. The van der Waals surface area contributed by atoms with Crippen LogP contribution in [0.1, 0.15) is 59.3 Å². The van der Waals surface area contributed by atoms with Crippen LogP contribution >= 0.6 is 0 Å². The van der Waals surface area contributed by atoms with Gasteiger partial charge >= 0.3 is 10.4 Å². The van der Waals surface area contributed by atoms with Gasteiger partial charge in [0.1, 0.15) is 5.78 Å². The zero-order chi connectivity index (χ0) is 21.0. The molecule has 29 heavy (non-hydrogen) atoms. The molecule has 0 bridgehead atoms. The second-order valence-electron chi connectivity index (χ2n) is 10.2. The summed E-state index contributed by atoms with van der Waals surface area (Å²) in [6.07, 6.45) is 4.30. The molecule has 7 nitrogen and oxygen atoms in total. The van der Waals surface area contributed by atoms with Crippen LogP contribution in [0, 0.1) is 34.5 Å². The van der Waals surface area contributed by atoms with Crippen LogP contribution in [-0.2, 0) is 28.4 Å². The van der Waals surface area contributed by atoms with E-state index >= 15 is 0 Å². The van der Waals surface area contributed by atoms with E-state index in [0.717, 1.165) is 24.8 Å². The summed E-state index contributed by atoms with van der Waals surface area (Å²) >= 11 is 0. The Balaban J connectivity index is 1.61. The monoisotopic (exact) mass is 424 g/mol. The van der Waals surface area contributed by atoms with Crippen molar-refractivity contribution in [2.75, 3.05) is 0 Å². The predicted molar refractivity (Wildman–Crippen MR) is 101 cm³/mol. The van der Waals surface area contributed by atoms with E-state index in [1.807, 2.05) is 6.92 Å². The van der Waals surface area contributed by atoms with Crippen LogP contribution in [0.2, 0.25) is 0 Å². The summed E-state index contributed by atoms with van der Waals surface area (Å²) in [4.78, 5) is 25.6. The zero-order valence-corrected chi connectivity index (χ0v) is 17.8. The summed E-state index contributed by atoms with van der Waals surface area (Å²) in [6, 6.07) is 0. The molecule has 1 saturated heterocycles. The summed E-state index contributed by atoms with van der Waals surface area (Å²) in [5.41, 5.74) is -0.285. The molecule has 0 aromatic carbocycles. The third-order valence-electron chi connectivity index (χ3n) is 9.04. The van der Waals surface area contributed by atoms with Crippen molar-refractivity contribution in [3.05, 3.63) is 11.6 Å². The van der Waals surface area contributed by atoms with E-state index < -0.39 is 27.7 Å². The molecule has 4 fully saturated rings. The van der Waals surface area contributed by atoms with Crippen LogP contribution in [0.25, 0.3) is 0 Å². The van der Waals surface area contributed by atoms with E-state index in [4.69, 9.17) is 8.37 Å². The number of Topliss-reactive ketones (excluding diaryl/α,β-unsaturated/α-hetero) is 1. The molecule has 3 saturated carbocycles. The highest BCUT2D eigenvalue weighted by molar-refractivity contribution is 7.82. The number of aliphatic hydroxyl groups is 1. The molecule has 160 valence electrons. The van der Waals surface area contributed by atoms with Gasteiger partial charge in [0.15, 0.2) is 5.78 Å². The minimum absolute atomic E-state index is 0.0295. The van der Waals surface area contributed by atoms with Crippen molar-refractivity contribution in [2.24, 2.45) is 34.5 Å². The lowest BCUT2D eigenvalue weighted by Crippen LogP contribution is -2.70. The second-order valence-corrected chi connectivity index (χ2v) is 11.3. The van der Waals surface area contributed by atoms with Gasteiger partial charge in [-0.2, -0.15) is 8.42 Å². The van der Waals surface area contributed by atoms with E-state index in [1.165, 1.54) is 0 Å². The number of hydrogen-bond donors (Lipinski definition) is 1. The molecule has 7 atom stereocenters. The maximum atomic E-state index is 13.3. The van der Waals surface area contributed by atoms with Crippen molar-refractivity contribution < 1.29 is 31.5 Å². The van der Waals surface area contributed by atoms with Crippen molar-refractivity contribution in [2.45, 2.75) is 71.2 Å². The highest BCUT2D eigenvalue weighted by atomic mass is 32.3. The van der Waals surface area contributed by atoms with Gasteiger partial charge in [0, 0.05) is 23.7 Å². The Morgan fingerprint density at radius 3 is 2.48 bits per heavy atom. The van der Waals surface area contributed by atoms with Crippen molar-refractivity contribution in [3.8, 4) is 0 Å². The number of aliphatic hydroxyl groups excluding tert-OH is 1. The molecule has 5 rings (SSSR count). The van der Waals surface area contributed by atoms with Gasteiger partial charge in [-0.25, -0.2) is 8.37 Å². The maximum Gasteiger partial charge on any atom is 0.405 e. The van der Waals surface area contributed by atoms with E-state index in [1.54, 1.807) is 13.0 Å². The number of fused-ring (bicyclic) bond motifs is 6. The van der Waals surface area contributed by atoms with Crippen molar-refractivity contribution in [3.63, 3.8) is 0 Å². The first-order chi connectivity index (χ1) is 13.4. The molecular formula is C21H28O7S. The number of carbonyl (C=O) groups excluding carboxylic acids is 2. The summed E-state index contributed by atoms with van der Waals surface area (Å²) in [5, 5.41) is 10.4. The third-order valence-corrected chi connectivity index (χ3v) is 9.99. The fourth-order valence-corrected chi connectivity index (χ4v) is 8.89. The minimum atomic E-state index is -4.07. The highest BCUT2D eigenvalue weighted by Crippen LogP contribution is 2.69. The first kappa shape index (κ1) is 19.8. The number of carbonyl (C=O) groups is 2. The molecule has 3 unspecified atom stereocenters. The van der Waals surface area contributed by atoms with E-state index in [2.05, 4.69) is 6.92 Å². The summed E-state index contributed by atoms with van der Waals surface area (Å²) < 4.78 is 34.3. The van der Waals surface area contributed by atoms with Gasteiger partial charge in [-0.1, -0.05) is 19.4 Å². The van der Waals surface area contributed by atoms with E-state index in [0.29, 0.717) is 12.8 Å². The average molecular weight is 425 g/mol. The van der Waals surface area contributed by atoms with Gasteiger partial charge in [0.25, 0.3) is 0 Å². The SMILES string of the molecule is CC(=O)[C@H]1CCC2C3C(=O)C=C4C[C@H](O)CC5(OS(=O)(=O)O5)[C@]4(C)C3CC[C@@]21C. The molecule has 1 heterocycles. The predicted octanol–water partition coefficient (Wildman–Crippen LogP) is 2.29. The van der Waals surface area contributed by atoms with Crippen LogP contribution in [0.3, 0.4) is 0 Å². The molecule has 1 aliphatic heterocycles. The van der Waals surface area contributed by atoms with Gasteiger partial charge in [-0.05, 0) is 62.4 Å². The molecule has 8 heteroatoms. The Bertz CT molecular complexity index is 925. The first-order valence-electron chi connectivity index (χ1n) is 10.5. The molecule has 4 aliphatic carbocycles. The van der Waals surface area contributed by atoms with Crippen LogP contribution in [0.5, 0.6) is 0 Å².